The molecule has 1 aliphatic rings. The van der Waals surface area contributed by atoms with Gasteiger partial charge in [0.15, 0.2) is 0 Å². The highest BCUT2D eigenvalue weighted by Gasteiger charge is 2.13. The number of ether oxygens (including phenoxy) is 1. The fraction of sp³-hybridized carbons (Fsp3) is 0.667. The molecular formula is C9H15NO2S. The number of hydrogen-bond acceptors (Lipinski definition) is 4. The second-order valence-corrected chi connectivity index (χ2v) is 4.56. The van der Waals surface area contributed by atoms with Crippen molar-refractivity contribution in [1.82, 2.24) is 4.90 Å². The Morgan fingerprint density at radius 2 is 2.46 bits per heavy atom. The predicted molar refractivity (Wildman–Crippen MR) is 54.6 cm³/mol. The first kappa shape index (κ1) is 10.4. The van der Waals surface area contributed by atoms with E-state index in [1.165, 1.54) is 13.2 Å². The maximum Gasteiger partial charge on any atom is 0.331 e. The SMILES string of the molecule is COC(=O)/C=C/N1CCSC(C)C1. The van der Waals surface area contributed by atoms with E-state index in [-0.39, 0.29) is 5.97 Å². The van der Waals surface area contributed by atoms with Gasteiger partial charge in [0, 0.05) is 36.4 Å². The number of hydrogen-bond donors (Lipinski definition) is 0. The van der Waals surface area contributed by atoms with Gasteiger partial charge in [-0.05, 0) is 0 Å². The first-order chi connectivity index (χ1) is 6.22. The second-order valence-electron chi connectivity index (χ2n) is 3.02. The van der Waals surface area contributed by atoms with Crippen molar-refractivity contribution >= 4 is 17.7 Å². The fourth-order valence-corrected chi connectivity index (χ4v) is 2.25. The molecule has 1 heterocycles. The van der Waals surface area contributed by atoms with Crippen LogP contribution in [0.1, 0.15) is 6.92 Å². The summed E-state index contributed by atoms with van der Waals surface area (Å²) >= 11 is 1.97. The lowest BCUT2D eigenvalue weighted by atomic mass is 10.4. The molecule has 0 aliphatic carbocycles. The standard InChI is InChI=1S/C9H15NO2S/c1-8-7-10(5-6-13-8)4-3-9(11)12-2/h3-4,8H,5-7H2,1-2H3/b4-3+. The van der Waals surface area contributed by atoms with Gasteiger partial charge in [-0.1, -0.05) is 6.92 Å². The van der Waals surface area contributed by atoms with Crippen molar-refractivity contribution < 1.29 is 9.53 Å². The van der Waals surface area contributed by atoms with Crippen molar-refractivity contribution in [3.63, 3.8) is 0 Å². The van der Waals surface area contributed by atoms with Gasteiger partial charge in [0.05, 0.1) is 7.11 Å². The first-order valence-corrected chi connectivity index (χ1v) is 5.39. The molecule has 0 N–H and O–H groups in total. The van der Waals surface area contributed by atoms with Crippen LogP contribution in [0.2, 0.25) is 0 Å². The smallest absolute Gasteiger partial charge is 0.331 e. The van der Waals surface area contributed by atoms with Gasteiger partial charge >= 0.3 is 5.97 Å². The van der Waals surface area contributed by atoms with Crippen LogP contribution < -0.4 is 0 Å². The molecule has 0 radical (unpaired) electrons. The molecule has 0 aromatic rings. The summed E-state index contributed by atoms with van der Waals surface area (Å²) in [6, 6.07) is 0. The van der Waals surface area contributed by atoms with Crippen molar-refractivity contribution in [3.8, 4) is 0 Å². The average Bonchev–Trinajstić information content (AvgIpc) is 2.14. The lowest BCUT2D eigenvalue weighted by Crippen LogP contribution is -2.32. The van der Waals surface area contributed by atoms with E-state index in [2.05, 4.69) is 16.6 Å². The van der Waals surface area contributed by atoms with Crippen LogP contribution in [-0.2, 0) is 9.53 Å². The maximum atomic E-state index is 10.8. The molecular weight excluding hydrogens is 186 g/mol. The van der Waals surface area contributed by atoms with Crippen LogP contribution in [0.5, 0.6) is 0 Å². The zero-order valence-corrected chi connectivity index (χ0v) is 8.84. The minimum Gasteiger partial charge on any atom is -0.466 e. The summed E-state index contributed by atoms with van der Waals surface area (Å²) in [4.78, 5) is 12.9. The third-order valence-corrected chi connectivity index (χ3v) is 3.03. The van der Waals surface area contributed by atoms with Crippen LogP contribution >= 0.6 is 11.8 Å². The van der Waals surface area contributed by atoms with E-state index in [0.717, 1.165) is 18.8 Å². The van der Waals surface area contributed by atoms with Crippen LogP contribution in [0, 0.1) is 0 Å². The lowest BCUT2D eigenvalue weighted by Gasteiger charge is -2.29. The molecule has 0 bridgehead atoms. The Balaban J connectivity index is 2.35. The largest absolute Gasteiger partial charge is 0.466 e. The summed E-state index contributed by atoms with van der Waals surface area (Å²) in [5, 5.41) is 0.649. The number of carbonyl (C=O) groups excluding carboxylic acids is 1. The molecule has 1 saturated heterocycles. The monoisotopic (exact) mass is 201 g/mol. The molecule has 1 rings (SSSR count). The number of rotatable bonds is 2. The number of methoxy groups -OCH3 is 1. The van der Waals surface area contributed by atoms with Gasteiger partial charge in [-0.2, -0.15) is 11.8 Å². The molecule has 1 fully saturated rings. The van der Waals surface area contributed by atoms with E-state index >= 15 is 0 Å². The Bertz CT molecular complexity index is 206. The van der Waals surface area contributed by atoms with Crippen LogP contribution in [-0.4, -0.2) is 42.1 Å². The average molecular weight is 201 g/mol. The Morgan fingerprint density at radius 1 is 1.69 bits per heavy atom. The summed E-state index contributed by atoms with van der Waals surface area (Å²) in [5.74, 6) is 0.845. The summed E-state index contributed by atoms with van der Waals surface area (Å²) < 4.78 is 4.51. The van der Waals surface area contributed by atoms with E-state index in [4.69, 9.17) is 0 Å². The molecule has 1 unspecified atom stereocenters. The first-order valence-electron chi connectivity index (χ1n) is 4.34. The van der Waals surface area contributed by atoms with Gasteiger partial charge in [-0.15, -0.1) is 0 Å². The van der Waals surface area contributed by atoms with Gasteiger partial charge in [0.25, 0.3) is 0 Å². The molecule has 4 heteroatoms. The van der Waals surface area contributed by atoms with Gasteiger partial charge in [0.2, 0.25) is 0 Å². The molecule has 13 heavy (non-hydrogen) atoms. The van der Waals surface area contributed by atoms with Gasteiger partial charge in [-0.25, -0.2) is 4.79 Å². The van der Waals surface area contributed by atoms with E-state index in [9.17, 15) is 4.79 Å². The Kier molecular flexibility index (Phi) is 4.15. The van der Waals surface area contributed by atoms with Crippen molar-refractivity contribution in [3.05, 3.63) is 12.3 Å². The number of nitrogens with zero attached hydrogens (tertiary/aromatic N) is 1. The summed E-state index contributed by atoms with van der Waals surface area (Å²) in [5.41, 5.74) is 0. The van der Waals surface area contributed by atoms with Crippen LogP contribution in [0.4, 0.5) is 0 Å². The molecule has 0 aromatic heterocycles. The van der Waals surface area contributed by atoms with Gasteiger partial charge in [0.1, 0.15) is 0 Å². The normalized spacial score (nSPS) is 23.5. The molecule has 1 aliphatic heterocycles. The van der Waals surface area contributed by atoms with Crippen molar-refractivity contribution in [2.24, 2.45) is 0 Å². The number of esters is 1. The number of carbonyl (C=O) groups is 1. The maximum absolute atomic E-state index is 10.8. The van der Waals surface area contributed by atoms with Gasteiger partial charge in [-0.3, -0.25) is 0 Å². The molecule has 74 valence electrons. The van der Waals surface area contributed by atoms with Crippen molar-refractivity contribution in [2.45, 2.75) is 12.2 Å². The minimum absolute atomic E-state index is 0.286. The highest BCUT2D eigenvalue weighted by molar-refractivity contribution is 7.99. The van der Waals surface area contributed by atoms with Crippen LogP contribution in [0.15, 0.2) is 12.3 Å². The highest BCUT2D eigenvalue weighted by Crippen LogP contribution is 2.17. The van der Waals surface area contributed by atoms with Gasteiger partial charge < -0.3 is 9.64 Å². The lowest BCUT2D eigenvalue weighted by molar-refractivity contribution is -0.134. The zero-order valence-electron chi connectivity index (χ0n) is 8.03. The Labute approximate surface area is 83.1 Å². The third kappa shape index (κ3) is 3.72. The topological polar surface area (TPSA) is 29.5 Å². The molecule has 3 nitrogen and oxygen atoms in total. The van der Waals surface area contributed by atoms with Crippen LogP contribution in [0.25, 0.3) is 0 Å². The molecule has 1 atom stereocenters. The highest BCUT2D eigenvalue weighted by atomic mass is 32.2. The van der Waals surface area contributed by atoms with E-state index in [1.54, 1.807) is 0 Å². The quantitative estimate of drug-likeness (QED) is 0.494. The molecule has 0 amide bonds. The Morgan fingerprint density at radius 3 is 3.08 bits per heavy atom. The summed E-state index contributed by atoms with van der Waals surface area (Å²) in [6.45, 7) is 4.23. The van der Waals surface area contributed by atoms with E-state index in [0.29, 0.717) is 5.25 Å². The van der Waals surface area contributed by atoms with Crippen molar-refractivity contribution in [1.29, 1.82) is 0 Å². The third-order valence-electron chi connectivity index (χ3n) is 1.90. The molecule has 0 aromatic carbocycles. The number of thioether (sulfide) groups is 1. The summed E-state index contributed by atoms with van der Waals surface area (Å²) in [6.07, 6.45) is 3.30. The Hall–Kier alpha value is -0.640. The second kappa shape index (κ2) is 5.17. The van der Waals surface area contributed by atoms with Crippen molar-refractivity contribution in [2.75, 3.05) is 26.0 Å². The predicted octanol–water partition coefficient (Wildman–Crippen LogP) is 1.11. The van der Waals surface area contributed by atoms with E-state index in [1.807, 2.05) is 18.0 Å². The van der Waals surface area contributed by atoms with E-state index < -0.39 is 0 Å². The summed E-state index contributed by atoms with van der Waals surface area (Å²) in [7, 11) is 1.39. The fourth-order valence-electron chi connectivity index (χ4n) is 1.22. The minimum atomic E-state index is -0.286. The van der Waals surface area contributed by atoms with Crippen LogP contribution in [0.3, 0.4) is 0 Å². The molecule has 0 spiro atoms. The zero-order chi connectivity index (χ0) is 9.68. The molecule has 0 saturated carbocycles.